The van der Waals surface area contributed by atoms with E-state index in [0.29, 0.717) is 6.61 Å². The standard InChI is InChI=1S/C10H17NO2/c1-10(2,3)11-5-4-8-9(11)7(12)6-13-8/h8-9H,4-6H2,1-3H3. The van der Waals surface area contributed by atoms with Gasteiger partial charge in [0.15, 0.2) is 5.78 Å². The van der Waals surface area contributed by atoms with Gasteiger partial charge in [0.1, 0.15) is 6.61 Å². The van der Waals surface area contributed by atoms with Crippen molar-refractivity contribution in [2.75, 3.05) is 13.2 Å². The second-order valence-electron chi connectivity index (χ2n) is 4.91. The van der Waals surface area contributed by atoms with Crippen LogP contribution in [0.5, 0.6) is 0 Å². The predicted molar refractivity (Wildman–Crippen MR) is 49.6 cm³/mol. The van der Waals surface area contributed by atoms with E-state index >= 15 is 0 Å². The van der Waals surface area contributed by atoms with E-state index in [0.717, 1.165) is 13.0 Å². The third kappa shape index (κ3) is 1.40. The van der Waals surface area contributed by atoms with Crippen molar-refractivity contribution in [2.45, 2.75) is 44.9 Å². The normalized spacial score (nSPS) is 35.5. The molecule has 0 radical (unpaired) electrons. The van der Waals surface area contributed by atoms with E-state index in [2.05, 4.69) is 25.7 Å². The minimum Gasteiger partial charge on any atom is -0.368 e. The number of carbonyl (C=O) groups excluding carboxylic acids is 1. The summed E-state index contributed by atoms with van der Waals surface area (Å²) in [7, 11) is 0. The molecule has 0 spiro atoms. The summed E-state index contributed by atoms with van der Waals surface area (Å²) in [6.45, 7) is 7.77. The molecule has 0 amide bonds. The van der Waals surface area contributed by atoms with Gasteiger partial charge >= 0.3 is 0 Å². The fourth-order valence-corrected chi connectivity index (χ4v) is 2.35. The molecule has 2 rings (SSSR count). The van der Waals surface area contributed by atoms with Crippen molar-refractivity contribution in [2.24, 2.45) is 0 Å². The van der Waals surface area contributed by atoms with Gasteiger partial charge in [-0.3, -0.25) is 9.69 Å². The monoisotopic (exact) mass is 183 g/mol. The van der Waals surface area contributed by atoms with Gasteiger partial charge in [0.2, 0.25) is 0 Å². The molecule has 0 saturated carbocycles. The Hall–Kier alpha value is -0.410. The molecule has 74 valence electrons. The van der Waals surface area contributed by atoms with Crippen LogP contribution in [-0.4, -0.2) is 41.5 Å². The zero-order valence-corrected chi connectivity index (χ0v) is 8.54. The molecule has 2 aliphatic rings. The second-order valence-corrected chi connectivity index (χ2v) is 4.91. The number of ether oxygens (including phenoxy) is 1. The van der Waals surface area contributed by atoms with E-state index < -0.39 is 0 Å². The predicted octanol–water partition coefficient (Wildman–Crippen LogP) is 0.827. The highest BCUT2D eigenvalue weighted by Crippen LogP contribution is 2.32. The van der Waals surface area contributed by atoms with E-state index in [1.54, 1.807) is 0 Å². The fraction of sp³-hybridized carbons (Fsp3) is 0.900. The number of rotatable bonds is 0. The summed E-state index contributed by atoms with van der Waals surface area (Å²) in [5, 5.41) is 0. The Morgan fingerprint density at radius 3 is 2.77 bits per heavy atom. The van der Waals surface area contributed by atoms with E-state index in [-0.39, 0.29) is 23.5 Å². The van der Waals surface area contributed by atoms with Crippen molar-refractivity contribution in [3.05, 3.63) is 0 Å². The van der Waals surface area contributed by atoms with E-state index in [1.807, 2.05) is 0 Å². The molecule has 2 unspecified atom stereocenters. The van der Waals surface area contributed by atoms with Crippen LogP contribution in [0.1, 0.15) is 27.2 Å². The second kappa shape index (κ2) is 2.79. The van der Waals surface area contributed by atoms with Crippen LogP contribution in [0, 0.1) is 0 Å². The minimum absolute atomic E-state index is 0.0417. The van der Waals surface area contributed by atoms with Gasteiger partial charge in [-0.1, -0.05) is 0 Å². The molecule has 0 aliphatic carbocycles. The first-order valence-corrected chi connectivity index (χ1v) is 4.91. The molecule has 0 aromatic carbocycles. The number of Topliss-reactive ketones (excluding diaryl/α,β-unsaturated/α-hetero) is 1. The number of hydrogen-bond donors (Lipinski definition) is 0. The summed E-state index contributed by atoms with van der Waals surface area (Å²) in [6.07, 6.45) is 1.18. The van der Waals surface area contributed by atoms with Gasteiger partial charge in [0.25, 0.3) is 0 Å². The average Bonchev–Trinajstić information content (AvgIpc) is 2.51. The third-order valence-corrected chi connectivity index (χ3v) is 2.97. The zero-order valence-electron chi connectivity index (χ0n) is 8.54. The maximum absolute atomic E-state index is 11.5. The van der Waals surface area contributed by atoms with E-state index in [1.165, 1.54) is 0 Å². The molecule has 0 N–H and O–H groups in total. The van der Waals surface area contributed by atoms with E-state index in [9.17, 15) is 4.79 Å². The molecule has 3 heteroatoms. The number of fused-ring (bicyclic) bond motifs is 1. The molecular formula is C10H17NO2. The first-order chi connectivity index (χ1) is 6.00. The number of carbonyl (C=O) groups is 1. The Kier molecular flexibility index (Phi) is 1.96. The first-order valence-electron chi connectivity index (χ1n) is 4.91. The van der Waals surface area contributed by atoms with Crippen molar-refractivity contribution in [3.8, 4) is 0 Å². The van der Waals surface area contributed by atoms with Crippen molar-refractivity contribution < 1.29 is 9.53 Å². The van der Waals surface area contributed by atoms with Gasteiger partial charge in [0.05, 0.1) is 12.1 Å². The van der Waals surface area contributed by atoms with Gasteiger partial charge in [-0.15, -0.1) is 0 Å². The number of hydrogen-bond acceptors (Lipinski definition) is 3. The first kappa shape index (κ1) is 9.16. The third-order valence-electron chi connectivity index (χ3n) is 2.97. The van der Waals surface area contributed by atoms with Gasteiger partial charge in [-0.25, -0.2) is 0 Å². The largest absolute Gasteiger partial charge is 0.368 e. The summed E-state index contributed by atoms with van der Waals surface area (Å²) < 4.78 is 5.42. The van der Waals surface area contributed by atoms with Crippen LogP contribution in [0.2, 0.25) is 0 Å². The lowest BCUT2D eigenvalue weighted by atomic mass is 10.0. The molecule has 13 heavy (non-hydrogen) atoms. The molecule has 2 saturated heterocycles. The van der Waals surface area contributed by atoms with Crippen LogP contribution >= 0.6 is 0 Å². The van der Waals surface area contributed by atoms with Crippen LogP contribution in [0.25, 0.3) is 0 Å². The lowest BCUT2D eigenvalue weighted by molar-refractivity contribution is -0.122. The highest BCUT2D eigenvalue weighted by molar-refractivity contribution is 5.88. The lowest BCUT2D eigenvalue weighted by Crippen LogP contribution is -2.48. The summed E-state index contributed by atoms with van der Waals surface area (Å²) in [5.41, 5.74) is 0.0861. The molecule has 2 aliphatic heterocycles. The summed E-state index contributed by atoms with van der Waals surface area (Å²) in [5.74, 6) is 0.262. The highest BCUT2D eigenvalue weighted by atomic mass is 16.5. The van der Waals surface area contributed by atoms with Crippen LogP contribution in [0.4, 0.5) is 0 Å². The van der Waals surface area contributed by atoms with Crippen LogP contribution in [0.15, 0.2) is 0 Å². The lowest BCUT2D eigenvalue weighted by Gasteiger charge is -2.35. The van der Waals surface area contributed by atoms with Gasteiger partial charge < -0.3 is 4.74 Å². The van der Waals surface area contributed by atoms with Crippen LogP contribution < -0.4 is 0 Å². The Morgan fingerprint density at radius 1 is 1.46 bits per heavy atom. The molecule has 2 fully saturated rings. The SMILES string of the molecule is CC(C)(C)N1CCC2OCC(=O)C21. The van der Waals surface area contributed by atoms with Crippen molar-refractivity contribution >= 4 is 5.78 Å². The average molecular weight is 183 g/mol. The van der Waals surface area contributed by atoms with E-state index in [4.69, 9.17) is 4.74 Å². The summed E-state index contributed by atoms with van der Waals surface area (Å²) >= 11 is 0. The molecule has 3 nitrogen and oxygen atoms in total. The quantitative estimate of drug-likeness (QED) is 0.557. The topological polar surface area (TPSA) is 29.5 Å². The van der Waals surface area contributed by atoms with Crippen LogP contribution in [-0.2, 0) is 9.53 Å². The highest BCUT2D eigenvalue weighted by Gasteiger charge is 2.47. The maximum atomic E-state index is 11.5. The molecule has 0 aromatic rings. The van der Waals surface area contributed by atoms with Crippen molar-refractivity contribution in [3.63, 3.8) is 0 Å². The number of nitrogens with zero attached hydrogens (tertiary/aromatic N) is 1. The molecule has 0 aromatic heterocycles. The molecule has 2 atom stereocenters. The maximum Gasteiger partial charge on any atom is 0.178 e. The Balaban J connectivity index is 2.19. The Labute approximate surface area is 79.0 Å². The van der Waals surface area contributed by atoms with Crippen LogP contribution in [0.3, 0.4) is 0 Å². The smallest absolute Gasteiger partial charge is 0.178 e. The van der Waals surface area contributed by atoms with Gasteiger partial charge in [0, 0.05) is 12.1 Å². The minimum atomic E-state index is 0.0417. The molecular weight excluding hydrogens is 166 g/mol. The summed E-state index contributed by atoms with van der Waals surface area (Å²) in [6, 6.07) is 0.0417. The Bertz CT molecular complexity index is 232. The molecule has 2 heterocycles. The number of likely N-dealkylation sites (tertiary alicyclic amines) is 1. The zero-order chi connectivity index (χ0) is 9.64. The fourth-order valence-electron chi connectivity index (χ4n) is 2.35. The Morgan fingerprint density at radius 2 is 2.15 bits per heavy atom. The summed E-state index contributed by atoms with van der Waals surface area (Å²) in [4.78, 5) is 13.8. The van der Waals surface area contributed by atoms with Gasteiger partial charge in [-0.05, 0) is 27.2 Å². The number of ketones is 1. The molecule has 0 bridgehead atoms. The van der Waals surface area contributed by atoms with Gasteiger partial charge in [-0.2, -0.15) is 0 Å². The van der Waals surface area contributed by atoms with Crippen molar-refractivity contribution in [1.29, 1.82) is 0 Å². The van der Waals surface area contributed by atoms with Crippen molar-refractivity contribution in [1.82, 2.24) is 4.90 Å².